The molecular formula is C15H13BrCl2O. The highest BCUT2D eigenvalue weighted by molar-refractivity contribution is 9.10. The highest BCUT2D eigenvalue weighted by atomic mass is 79.9. The maximum absolute atomic E-state index is 9.59. The van der Waals surface area contributed by atoms with Crippen molar-refractivity contribution in [2.24, 2.45) is 0 Å². The Bertz CT molecular complexity index is 555. The quantitative estimate of drug-likeness (QED) is 0.807. The number of aliphatic hydroxyl groups is 1. The lowest BCUT2D eigenvalue weighted by molar-refractivity contribution is 0.264. The molecule has 0 radical (unpaired) electrons. The van der Waals surface area contributed by atoms with Crippen molar-refractivity contribution in [3.05, 3.63) is 68.1 Å². The van der Waals surface area contributed by atoms with Crippen LogP contribution < -0.4 is 0 Å². The Hall–Kier alpha value is -0.540. The van der Waals surface area contributed by atoms with Gasteiger partial charge < -0.3 is 5.11 Å². The minimum Gasteiger partial charge on any atom is -0.396 e. The van der Waals surface area contributed by atoms with Crippen LogP contribution in [0.15, 0.2) is 46.9 Å². The van der Waals surface area contributed by atoms with Crippen molar-refractivity contribution < 1.29 is 5.11 Å². The molecule has 0 spiro atoms. The monoisotopic (exact) mass is 358 g/mol. The largest absolute Gasteiger partial charge is 0.396 e. The maximum atomic E-state index is 9.59. The second kappa shape index (κ2) is 6.76. The van der Waals surface area contributed by atoms with Crippen molar-refractivity contribution in [1.29, 1.82) is 0 Å². The van der Waals surface area contributed by atoms with Crippen LogP contribution in [-0.4, -0.2) is 11.7 Å². The van der Waals surface area contributed by atoms with Gasteiger partial charge in [-0.3, -0.25) is 0 Å². The zero-order valence-corrected chi connectivity index (χ0v) is 13.2. The van der Waals surface area contributed by atoms with Crippen molar-refractivity contribution in [2.75, 3.05) is 6.61 Å². The van der Waals surface area contributed by atoms with Gasteiger partial charge in [-0.15, -0.1) is 0 Å². The molecule has 2 aromatic carbocycles. The molecule has 1 N–H and O–H groups in total. The van der Waals surface area contributed by atoms with E-state index in [1.54, 1.807) is 12.1 Å². The van der Waals surface area contributed by atoms with Gasteiger partial charge in [0.1, 0.15) is 0 Å². The average molecular weight is 360 g/mol. The van der Waals surface area contributed by atoms with Gasteiger partial charge in [0.2, 0.25) is 0 Å². The number of rotatable bonds is 4. The standard InChI is InChI=1S/C15H13BrCl2O/c16-12-3-1-10(2-4-12)7-11(9-19)14-6-5-13(17)8-15(14)18/h1-6,8,11,19H,7,9H2/t11-/m0/s1. The Morgan fingerprint density at radius 1 is 1.05 bits per heavy atom. The predicted molar refractivity (Wildman–Crippen MR) is 84.1 cm³/mol. The molecule has 0 aliphatic carbocycles. The van der Waals surface area contributed by atoms with Crippen molar-refractivity contribution in [3.8, 4) is 0 Å². The summed E-state index contributed by atoms with van der Waals surface area (Å²) in [6, 6.07) is 13.5. The van der Waals surface area contributed by atoms with Gasteiger partial charge in [0, 0.05) is 20.4 Å². The molecule has 1 atom stereocenters. The summed E-state index contributed by atoms with van der Waals surface area (Å²) in [5, 5.41) is 10.8. The molecule has 0 bridgehead atoms. The molecule has 0 amide bonds. The van der Waals surface area contributed by atoms with E-state index >= 15 is 0 Å². The summed E-state index contributed by atoms with van der Waals surface area (Å²) >= 11 is 15.5. The zero-order valence-electron chi connectivity index (χ0n) is 10.1. The smallest absolute Gasteiger partial charge is 0.0503 e. The van der Waals surface area contributed by atoms with Crippen LogP contribution in [0.25, 0.3) is 0 Å². The summed E-state index contributed by atoms with van der Waals surface area (Å²) in [6.45, 7) is 0.0530. The molecule has 0 saturated carbocycles. The highest BCUT2D eigenvalue weighted by Gasteiger charge is 2.15. The van der Waals surface area contributed by atoms with Gasteiger partial charge in [0.15, 0.2) is 0 Å². The van der Waals surface area contributed by atoms with E-state index in [4.69, 9.17) is 23.2 Å². The molecule has 0 aromatic heterocycles. The number of hydrogen-bond donors (Lipinski definition) is 1. The Kier molecular flexibility index (Phi) is 5.28. The minimum absolute atomic E-state index is 0.0223. The van der Waals surface area contributed by atoms with Crippen LogP contribution >= 0.6 is 39.1 Å². The van der Waals surface area contributed by atoms with Crippen molar-refractivity contribution >= 4 is 39.1 Å². The van der Waals surface area contributed by atoms with E-state index in [2.05, 4.69) is 15.9 Å². The summed E-state index contributed by atoms with van der Waals surface area (Å²) in [7, 11) is 0. The molecular weight excluding hydrogens is 347 g/mol. The van der Waals surface area contributed by atoms with Gasteiger partial charge in [0.25, 0.3) is 0 Å². The topological polar surface area (TPSA) is 20.2 Å². The Morgan fingerprint density at radius 2 is 1.74 bits per heavy atom. The van der Waals surface area contributed by atoms with E-state index in [9.17, 15) is 5.11 Å². The van der Waals surface area contributed by atoms with E-state index in [1.807, 2.05) is 30.3 Å². The van der Waals surface area contributed by atoms with Crippen LogP contribution in [0.1, 0.15) is 17.0 Å². The first kappa shape index (κ1) is 14.9. The fourth-order valence-corrected chi connectivity index (χ4v) is 2.84. The molecule has 100 valence electrons. The first-order chi connectivity index (χ1) is 9.10. The van der Waals surface area contributed by atoms with E-state index < -0.39 is 0 Å². The zero-order chi connectivity index (χ0) is 13.8. The third-order valence-corrected chi connectivity index (χ3v) is 4.11. The molecule has 0 heterocycles. The first-order valence-electron chi connectivity index (χ1n) is 5.90. The van der Waals surface area contributed by atoms with Crippen LogP contribution in [0.3, 0.4) is 0 Å². The van der Waals surface area contributed by atoms with Gasteiger partial charge in [-0.2, -0.15) is 0 Å². The lowest BCUT2D eigenvalue weighted by Crippen LogP contribution is -2.08. The van der Waals surface area contributed by atoms with Crippen LogP contribution in [0.5, 0.6) is 0 Å². The van der Waals surface area contributed by atoms with Gasteiger partial charge in [0.05, 0.1) is 6.61 Å². The number of hydrogen-bond acceptors (Lipinski definition) is 1. The fraction of sp³-hybridized carbons (Fsp3) is 0.200. The molecule has 2 aromatic rings. The molecule has 19 heavy (non-hydrogen) atoms. The van der Waals surface area contributed by atoms with Gasteiger partial charge in [-0.05, 0) is 41.8 Å². The second-order valence-corrected chi connectivity index (χ2v) is 6.14. The molecule has 0 aliphatic rings. The molecule has 0 saturated heterocycles. The third-order valence-electron chi connectivity index (χ3n) is 3.02. The lowest BCUT2D eigenvalue weighted by Gasteiger charge is -2.16. The van der Waals surface area contributed by atoms with E-state index in [1.165, 1.54) is 0 Å². The number of halogens is 3. The minimum atomic E-state index is -0.0223. The summed E-state index contributed by atoms with van der Waals surface area (Å²) in [5.41, 5.74) is 2.09. The van der Waals surface area contributed by atoms with Crippen LogP contribution in [0, 0.1) is 0 Å². The predicted octanol–water partition coefficient (Wildman–Crippen LogP) is 5.07. The molecule has 0 aliphatic heterocycles. The number of benzene rings is 2. The molecule has 1 nitrogen and oxygen atoms in total. The summed E-state index contributed by atoms with van der Waals surface area (Å²) in [6.07, 6.45) is 0.741. The van der Waals surface area contributed by atoms with E-state index in [0.29, 0.717) is 10.0 Å². The molecule has 4 heteroatoms. The van der Waals surface area contributed by atoms with Crippen LogP contribution in [0.2, 0.25) is 10.0 Å². The summed E-state index contributed by atoms with van der Waals surface area (Å²) in [4.78, 5) is 0. The maximum Gasteiger partial charge on any atom is 0.0503 e. The third kappa shape index (κ3) is 3.96. The van der Waals surface area contributed by atoms with Crippen molar-refractivity contribution in [1.82, 2.24) is 0 Å². The Morgan fingerprint density at radius 3 is 2.32 bits per heavy atom. The lowest BCUT2D eigenvalue weighted by atomic mass is 9.93. The van der Waals surface area contributed by atoms with Crippen molar-refractivity contribution in [3.63, 3.8) is 0 Å². The first-order valence-corrected chi connectivity index (χ1v) is 7.45. The van der Waals surface area contributed by atoms with Crippen LogP contribution in [0.4, 0.5) is 0 Å². The van der Waals surface area contributed by atoms with E-state index in [0.717, 1.165) is 22.0 Å². The highest BCUT2D eigenvalue weighted by Crippen LogP contribution is 2.30. The SMILES string of the molecule is OC[C@H](Cc1ccc(Br)cc1)c1ccc(Cl)cc1Cl. The summed E-state index contributed by atoms with van der Waals surface area (Å²) < 4.78 is 1.04. The van der Waals surface area contributed by atoms with E-state index in [-0.39, 0.29) is 12.5 Å². The fourth-order valence-electron chi connectivity index (χ4n) is 2.01. The Labute approximate surface area is 131 Å². The summed E-state index contributed by atoms with van der Waals surface area (Å²) in [5.74, 6) is -0.0223. The van der Waals surface area contributed by atoms with Gasteiger partial charge in [-0.25, -0.2) is 0 Å². The molecule has 0 unspecified atom stereocenters. The molecule has 2 rings (SSSR count). The second-order valence-electron chi connectivity index (χ2n) is 4.38. The number of aliphatic hydroxyl groups excluding tert-OH is 1. The van der Waals surface area contributed by atoms with Gasteiger partial charge >= 0.3 is 0 Å². The Balaban J connectivity index is 2.22. The average Bonchev–Trinajstić information content (AvgIpc) is 2.39. The molecule has 0 fully saturated rings. The van der Waals surface area contributed by atoms with Crippen molar-refractivity contribution in [2.45, 2.75) is 12.3 Å². The van der Waals surface area contributed by atoms with Gasteiger partial charge in [-0.1, -0.05) is 57.3 Å². The van der Waals surface area contributed by atoms with Crippen LogP contribution in [-0.2, 0) is 6.42 Å². The normalized spacial score (nSPS) is 12.4.